The second-order valence-corrected chi connectivity index (χ2v) is 4.29. The van der Waals surface area contributed by atoms with Crippen LogP contribution in [0.5, 0.6) is 11.5 Å². The molecule has 2 N–H and O–H groups in total. The minimum absolute atomic E-state index is 0.113. The third kappa shape index (κ3) is 4.28. The molecule has 0 atom stereocenters. The van der Waals surface area contributed by atoms with Crippen molar-refractivity contribution >= 4 is 11.6 Å². The van der Waals surface area contributed by atoms with Gasteiger partial charge in [-0.05, 0) is 26.8 Å². The quantitative estimate of drug-likeness (QED) is 0.774. The van der Waals surface area contributed by atoms with E-state index in [-0.39, 0.29) is 18.2 Å². The van der Waals surface area contributed by atoms with Crippen molar-refractivity contribution in [3.8, 4) is 17.6 Å². The number of ether oxygens (including phenoxy) is 2. The first-order chi connectivity index (χ1) is 10.1. The first-order valence-corrected chi connectivity index (χ1v) is 6.94. The highest BCUT2D eigenvalue weighted by Crippen LogP contribution is 2.35. The summed E-state index contributed by atoms with van der Waals surface area (Å²) in [6, 6.07) is 5.06. The van der Waals surface area contributed by atoms with Crippen molar-refractivity contribution in [2.45, 2.75) is 20.8 Å². The fourth-order valence-corrected chi connectivity index (χ4v) is 1.91. The number of benzene rings is 1. The molecule has 1 rings (SSSR count). The third-order valence-corrected chi connectivity index (χ3v) is 2.97. The van der Waals surface area contributed by atoms with Crippen LogP contribution in [0.25, 0.3) is 0 Å². The van der Waals surface area contributed by atoms with Gasteiger partial charge >= 0.3 is 0 Å². The number of nitrogen functional groups attached to an aromatic ring is 1. The normalized spacial score (nSPS) is 9.81. The lowest BCUT2D eigenvalue weighted by Gasteiger charge is -2.20. The molecule has 6 heteroatoms. The topological polar surface area (TPSA) is 88.6 Å². The molecule has 0 aromatic heterocycles. The Morgan fingerprint density at radius 2 is 1.95 bits per heavy atom. The van der Waals surface area contributed by atoms with E-state index >= 15 is 0 Å². The average Bonchev–Trinajstić information content (AvgIpc) is 2.47. The van der Waals surface area contributed by atoms with Gasteiger partial charge in [0.1, 0.15) is 0 Å². The van der Waals surface area contributed by atoms with Gasteiger partial charge in [-0.3, -0.25) is 4.79 Å². The molecule has 0 bridgehead atoms. The molecular weight excluding hydrogens is 270 g/mol. The fraction of sp³-hybridized carbons (Fsp3) is 0.467. The first-order valence-electron chi connectivity index (χ1n) is 6.94. The van der Waals surface area contributed by atoms with Gasteiger partial charge in [-0.2, -0.15) is 5.26 Å². The summed E-state index contributed by atoms with van der Waals surface area (Å²) in [5, 5.41) is 8.94. The predicted molar refractivity (Wildman–Crippen MR) is 80.2 cm³/mol. The van der Waals surface area contributed by atoms with Crippen molar-refractivity contribution in [1.29, 1.82) is 5.26 Å². The molecule has 0 unspecified atom stereocenters. The zero-order chi connectivity index (χ0) is 15.8. The highest BCUT2D eigenvalue weighted by atomic mass is 16.5. The van der Waals surface area contributed by atoms with Crippen LogP contribution in [0.2, 0.25) is 0 Å². The summed E-state index contributed by atoms with van der Waals surface area (Å²) in [4.78, 5) is 13.6. The van der Waals surface area contributed by atoms with E-state index in [0.717, 1.165) is 0 Å². The van der Waals surface area contributed by atoms with Crippen LogP contribution >= 0.6 is 0 Å². The molecule has 6 nitrogen and oxygen atoms in total. The van der Waals surface area contributed by atoms with Gasteiger partial charge < -0.3 is 20.1 Å². The van der Waals surface area contributed by atoms with Gasteiger partial charge in [-0.25, -0.2) is 0 Å². The van der Waals surface area contributed by atoms with Crippen molar-refractivity contribution in [2.75, 3.05) is 32.0 Å². The standard InChI is InChI=1S/C15H21N3O3/c1-4-18(5-2)14(19)10-21-15-12(17)7-11(9-16)8-13(15)20-6-3/h7-8H,4-6,10,17H2,1-3H3. The Morgan fingerprint density at radius 3 is 2.48 bits per heavy atom. The number of hydrogen-bond acceptors (Lipinski definition) is 5. The summed E-state index contributed by atoms with van der Waals surface area (Å²) in [5.74, 6) is 0.559. The molecule has 0 saturated carbocycles. The number of rotatable bonds is 7. The second-order valence-electron chi connectivity index (χ2n) is 4.29. The summed E-state index contributed by atoms with van der Waals surface area (Å²) in [6.07, 6.45) is 0. The first kappa shape index (κ1) is 16.6. The third-order valence-electron chi connectivity index (χ3n) is 2.97. The van der Waals surface area contributed by atoms with Crippen molar-refractivity contribution in [2.24, 2.45) is 0 Å². The molecule has 0 fully saturated rings. The Bertz CT molecular complexity index is 534. The Balaban J connectivity index is 2.92. The molecule has 114 valence electrons. The molecule has 0 saturated heterocycles. The number of amides is 1. The maximum absolute atomic E-state index is 11.9. The number of carbonyl (C=O) groups excluding carboxylic acids is 1. The van der Waals surface area contributed by atoms with Crippen LogP contribution in [-0.4, -0.2) is 37.1 Å². The van der Waals surface area contributed by atoms with Crippen molar-refractivity contribution in [3.63, 3.8) is 0 Å². The zero-order valence-corrected chi connectivity index (χ0v) is 12.7. The lowest BCUT2D eigenvalue weighted by atomic mass is 10.2. The summed E-state index contributed by atoms with van der Waals surface area (Å²) in [7, 11) is 0. The van der Waals surface area contributed by atoms with E-state index in [2.05, 4.69) is 0 Å². The van der Waals surface area contributed by atoms with Gasteiger partial charge in [-0.15, -0.1) is 0 Å². The van der Waals surface area contributed by atoms with E-state index in [0.29, 0.717) is 36.8 Å². The number of nitrogens with zero attached hydrogens (tertiary/aromatic N) is 2. The maximum Gasteiger partial charge on any atom is 0.260 e. The van der Waals surface area contributed by atoms with Gasteiger partial charge in [0.05, 0.1) is 23.9 Å². The van der Waals surface area contributed by atoms with Gasteiger partial charge in [0.25, 0.3) is 5.91 Å². The highest BCUT2D eigenvalue weighted by Gasteiger charge is 2.15. The van der Waals surface area contributed by atoms with Crippen LogP contribution in [0.1, 0.15) is 26.3 Å². The van der Waals surface area contributed by atoms with E-state index in [4.69, 9.17) is 20.5 Å². The van der Waals surface area contributed by atoms with Crippen LogP contribution in [0.15, 0.2) is 12.1 Å². The number of carbonyl (C=O) groups is 1. The molecule has 0 spiro atoms. The van der Waals surface area contributed by atoms with E-state index < -0.39 is 0 Å². The van der Waals surface area contributed by atoms with Crippen LogP contribution in [0, 0.1) is 11.3 Å². The molecule has 1 aromatic carbocycles. The predicted octanol–water partition coefficient (Wildman–Crippen LogP) is 1.79. The number of nitriles is 1. The van der Waals surface area contributed by atoms with Gasteiger partial charge in [0, 0.05) is 19.2 Å². The lowest BCUT2D eigenvalue weighted by Crippen LogP contribution is -2.34. The zero-order valence-electron chi connectivity index (χ0n) is 12.7. The van der Waals surface area contributed by atoms with Crippen LogP contribution in [0.3, 0.4) is 0 Å². The van der Waals surface area contributed by atoms with E-state index in [1.165, 1.54) is 6.07 Å². The highest BCUT2D eigenvalue weighted by molar-refractivity contribution is 5.78. The van der Waals surface area contributed by atoms with E-state index in [1.807, 2.05) is 26.8 Å². The molecule has 0 heterocycles. The molecule has 21 heavy (non-hydrogen) atoms. The molecule has 0 aliphatic heterocycles. The summed E-state index contributed by atoms with van der Waals surface area (Å²) in [5.41, 5.74) is 6.54. The van der Waals surface area contributed by atoms with Crippen LogP contribution < -0.4 is 15.2 Å². The average molecular weight is 291 g/mol. The Hall–Kier alpha value is -2.42. The lowest BCUT2D eigenvalue weighted by molar-refractivity contribution is -0.132. The van der Waals surface area contributed by atoms with Gasteiger partial charge in [0.2, 0.25) is 0 Å². The molecule has 1 amide bonds. The van der Waals surface area contributed by atoms with Crippen molar-refractivity contribution in [3.05, 3.63) is 17.7 Å². The van der Waals surface area contributed by atoms with Gasteiger partial charge in [-0.1, -0.05) is 0 Å². The summed E-state index contributed by atoms with van der Waals surface area (Å²) < 4.78 is 10.9. The van der Waals surface area contributed by atoms with Crippen molar-refractivity contribution in [1.82, 2.24) is 4.90 Å². The Labute approximate surface area is 125 Å². The smallest absolute Gasteiger partial charge is 0.260 e. The minimum atomic E-state index is -0.119. The molecule has 1 aromatic rings. The van der Waals surface area contributed by atoms with Crippen molar-refractivity contribution < 1.29 is 14.3 Å². The molecule has 0 aliphatic rings. The number of anilines is 1. The minimum Gasteiger partial charge on any atom is -0.490 e. The SMILES string of the molecule is CCOc1cc(C#N)cc(N)c1OCC(=O)N(CC)CC. The largest absolute Gasteiger partial charge is 0.490 e. The number of hydrogen-bond donors (Lipinski definition) is 1. The fourth-order valence-electron chi connectivity index (χ4n) is 1.91. The maximum atomic E-state index is 11.9. The number of nitrogens with two attached hydrogens (primary N) is 1. The summed E-state index contributed by atoms with van der Waals surface area (Å²) in [6.45, 7) is 7.18. The van der Waals surface area contributed by atoms with Crippen LogP contribution in [-0.2, 0) is 4.79 Å². The summed E-state index contributed by atoms with van der Waals surface area (Å²) >= 11 is 0. The molecule has 0 radical (unpaired) electrons. The molecule has 0 aliphatic carbocycles. The van der Waals surface area contributed by atoms with E-state index in [9.17, 15) is 4.79 Å². The Kier molecular flexibility index (Phi) is 6.34. The second kappa shape index (κ2) is 8.00. The molecular formula is C15H21N3O3. The van der Waals surface area contributed by atoms with E-state index in [1.54, 1.807) is 11.0 Å². The Morgan fingerprint density at radius 1 is 1.29 bits per heavy atom. The van der Waals surface area contributed by atoms with Crippen LogP contribution in [0.4, 0.5) is 5.69 Å². The van der Waals surface area contributed by atoms with Gasteiger partial charge in [0.15, 0.2) is 18.1 Å². The number of likely N-dealkylation sites (N-methyl/N-ethyl adjacent to an activating group) is 1. The monoisotopic (exact) mass is 291 g/mol.